The van der Waals surface area contributed by atoms with Crippen molar-refractivity contribution in [3.63, 3.8) is 0 Å². The van der Waals surface area contributed by atoms with Gasteiger partial charge in [0.05, 0.1) is 6.04 Å². The quantitative estimate of drug-likeness (QED) is 0.616. The molecule has 0 saturated carbocycles. The molecule has 0 radical (unpaired) electrons. The lowest BCUT2D eigenvalue weighted by molar-refractivity contribution is 0.586. The Hall–Kier alpha value is -0.790. The maximum atomic E-state index is 4.02. The molecule has 0 aromatic heterocycles. The highest BCUT2D eigenvalue weighted by Crippen LogP contribution is 2.22. The summed E-state index contributed by atoms with van der Waals surface area (Å²) in [4.78, 5) is 0. The van der Waals surface area contributed by atoms with Gasteiger partial charge in [0, 0.05) is 12.6 Å². The molecular formula is C11H20N2. The Morgan fingerprint density at radius 3 is 2.77 bits per heavy atom. The molecule has 2 nitrogen and oxygen atoms in total. The fourth-order valence-corrected chi connectivity index (χ4v) is 1.77. The average molecular weight is 180 g/mol. The number of hydrogen-bond acceptors (Lipinski definition) is 2. The van der Waals surface area contributed by atoms with E-state index in [2.05, 4.69) is 16.6 Å². The van der Waals surface area contributed by atoms with Crippen molar-refractivity contribution in [3.05, 3.63) is 11.6 Å². The molecule has 1 atom stereocenters. The van der Waals surface area contributed by atoms with E-state index in [1.165, 1.54) is 25.7 Å². The van der Waals surface area contributed by atoms with Crippen molar-refractivity contribution in [3.8, 4) is 0 Å². The van der Waals surface area contributed by atoms with Gasteiger partial charge in [-0.2, -0.15) is 5.10 Å². The van der Waals surface area contributed by atoms with E-state index in [-0.39, 0.29) is 0 Å². The molecule has 1 aliphatic heterocycles. The zero-order chi connectivity index (χ0) is 9.52. The standard InChI is InChI=1S/C9H14N2.C2H6/c1-2-4-8(5-3-1)9-6-7-10-11-9;1-2/h4,7,9,11H,1-3,5-6H2;1-2H3. The van der Waals surface area contributed by atoms with Crippen molar-refractivity contribution in [1.29, 1.82) is 0 Å². The second-order valence-corrected chi connectivity index (χ2v) is 3.25. The topological polar surface area (TPSA) is 24.4 Å². The second kappa shape index (κ2) is 5.79. The third kappa shape index (κ3) is 2.87. The Morgan fingerprint density at radius 1 is 1.38 bits per heavy atom. The normalized spacial score (nSPS) is 25.7. The molecular weight excluding hydrogens is 160 g/mol. The third-order valence-electron chi connectivity index (χ3n) is 2.44. The molecule has 0 aromatic rings. The average Bonchev–Trinajstić information content (AvgIpc) is 2.75. The van der Waals surface area contributed by atoms with Gasteiger partial charge in [-0.25, -0.2) is 0 Å². The zero-order valence-electron chi connectivity index (χ0n) is 8.71. The van der Waals surface area contributed by atoms with Crippen LogP contribution in [0.3, 0.4) is 0 Å². The second-order valence-electron chi connectivity index (χ2n) is 3.25. The smallest absolute Gasteiger partial charge is 0.0699 e. The number of allylic oxidation sites excluding steroid dienone is 1. The lowest BCUT2D eigenvalue weighted by Gasteiger charge is -2.18. The predicted octanol–water partition coefficient (Wildman–Crippen LogP) is 2.86. The van der Waals surface area contributed by atoms with Crippen LogP contribution in [0.2, 0.25) is 0 Å². The number of nitrogens with one attached hydrogen (secondary N) is 1. The van der Waals surface area contributed by atoms with Crippen molar-refractivity contribution < 1.29 is 0 Å². The number of hydrazone groups is 1. The molecule has 13 heavy (non-hydrogen) atoms. The summed E-state index contributed by atoms with van der Waals surface area (Å²) in [6, 6.07) is 0.537. The summed E-state index contributed by atoms with van der Waals surface area (Å²) in [5, 5.41) is 4.02. The minimum atomic E-state index is 0.537. The van der Waals surface area contributed by atoms with Crippen LogP contribution in [0.4, 0.5) is 0 Å². The molecule has 0 saturated heterocycles. The first-order valence-electron chi connectivity index (χ1n) is 5.43. The molecule has 1 aliphatic carbocycles. The molecule has 0 bridgehead atoms. The molecule has 2 rings (SSSR count). The van der Waals surface area contributed by atoms with Crippen LogP contribution in [0.5, 0.6) is 0 Å². The fourth-order valence-electron chi connectivity index (χ4n) is 1.77. The van der Waals surface area contributed by atoms with E-state index in [0.717, 1.165) is 6.42 Å². The van der Waals surface area contributed by atoms with Crippen molar-refractivity contribution in [1.82, 2.24) is 5.43 Å². The summed E-state index contributed by atoms with van der Waals surface area (Å²) >= 11 is 0. The van der Waals surface area contributed by atoms with Crippen molar-refractivity contribution in [2.24, 2.45) is 5.10 Å². The highest BCUT2D eigenvalue weighted by molar-refractivity contribution is 5.61. The molecule has 0 spiro atoms. The molecule has 0 amide bonds. The van der Waals surface area contributed by atoms with E-state index in [0.29, 0.717) is 6.04 Å². The molecule has 74 valence electrons. The number of hydrogen-bond donors (Lipinski definition) is 1. The minimum absolute atomic E-state index is 0.537. The Bertz CT molecular complexity index is 186. The van der Waals surface area contributed by atoms with Crippen LogP contribution in [0, 0.1) is 0 Å². The molecule has 1 N–H and O–H groups in total. The lowest BCUT2D eigenvalue weighted by atomic mass is 9.93. The van der Waals surface area contributed by atoms with Crippen LogP contribution < -0.4 is 5.43 Å². The summed E-state index contributed by atoms with van der Waals surface area (Å²) in [7, 11) is 0. The predicted molar refractivity (Wildman–Crippen MR) is 57.9 cm³/mol. The van der Waals surface area contributed by atoms with E-state index in [1.54, 1.807) is 5.57 Å². The zero-order valence-corrected chi connectivity index (χ0v) is 8.71. The Labute approximate surface area is 81.1 Å². The number of nitrogens with zero attached hydrogens (tertiary/aromatic N) is 1. The van der Waals surface area contributed by atoms with Crippen LogP contribution in [-0.2, 0) is 0 Å². The van der Waals surface area contributed by atoms with E-state index in [9.17, 15) is 0 Å². The maximum Gasteiger partial charge on any atom is 0.0699 e. The van der Waals surface area contributed by atoms with Crippen molar-refractivity contribution in [2.45, 2.75) is 52.0 Å². The first-order valence-corrected chi connectivity index (χ1v) is 5.43. The van der Waals surface area contributed by atoms with Crippen molar-refractivity contribution >= 4 is 6.21 Å². The van der Waals surface area contributed by atoms with Gasteiger partial charge < -0.3 is 5.43 Å². The van der Waals surface area contributed by atoms with Crippen molar-refractivity contribution in [2.75, 3.05) is 0 Å². The molecule has 0 fully saturated rings. The Morgan fingerprint density at radius 2 is 2.23 bits per heavy atom. The van der Waals surface area contributed by atoms with E-state index in [4.69, 9.17) is 0 Å². The van der Waals surface area contributed by atoms with Gasteiger partial charge >= 0.3 is 0 Å². The van der Waals surface area contributed by atoms with Gasteiger partial charge in [-0.3, -0.25) is 0 Å². The van der Waals surface area contributed by atoms with E-state index >= 15 is 0 Å². The molecule has 1 heterocycles. The summed E-state index contributed by atoms with van der Waals surface area (Å²) in [6.07, 6.45) is 10.7. The molecule has 0 aromatic carbocycles. The van der Waals surface area contributed by atoms with Gasteiger partial charge in [-0.1, -0.05) is 25.5 Å². The first kappa shape index (κ1) is 10.3. The van der Waals surface area contributed by atoms with E-state index in [1.807, 2.05) is 20.1 Å². The van der Waals surface area contributed by atoms with Crippen LogP contribution in [-0.4, -0.2) is 12.3 Å². The van der Waals surface area contributed by atoms with Crippen LogP contribution in [0.1, 0.15) is 46.0 Å². The van der Waals surface area contributed by atoms with Crippen LogP contribution in [0.15, 0.2) is 16.8 Å². The van der Waals surface area contributed by atoms with Gasteiger partial charge in [0.2, 0.25) is 0 Å². The monoisotopic (exact) mass is 180 g/mol. The SMILES string of the molecule is C1=NNC(C2=CCCCC2)C1.CC. The maximum absolute atomic E-state index is 4.02. The summed E-state index contributed by atoms with van der Waals surface area (Å²) in [6.45, 7) is 4.00. The van der Waals surface area contributed by atoms with Gasteiger partial charge in [0.25, 0.3) is 0 Å². The third-order valence-corrected chi connectivity index (χ3v) is 2.44. The molecule has 2 aliphatic rings. The van der Waals surface area contributed by atoms with Gasteiger partial charge in [-0.15, -0.1) is 0 Å². The Kier molecular flexibility index (Phi) is 4.58. The largest absolute Gasteiger partial charge is 0.303 e. The Balaban J connectivity index is 0.000000396. The van der Waals surface area contributed by atoms with Gasteiger partial charge in [0.1, 0.15) is 0 Å². The molecule has 1 unspecified atom stereocenters. The van der Waals surface area contributed by atoms with Crippen LogP contribution in [0.25, 0.3) is 0 Å². The van der Waals surface area contributed by atoms with E-state index < -0.39 is 0 Å². The summed E-state index contributed by atoms with van der Waals surface area (Å²) in [5.41, 5.74) is 4.70. The van der Waals surface area contributed by atoms with Gasteiger partial charge in [0.15, 0.2) is 0 Å². The lowest BCUT2D eigenvalue weighted by Crippen LogP contribution is -2.22. The fraction of sp³-hybridized carbons (Fsp3) is 0.727. The first-order chi connectivity index (χ1) is 6.47. The highest BCUT2D eigenvalue weighted by Gasteiger charge is 2.16. The minimum Gasteiger partial charge on any atom is -0.303 e. The highest BCUT2D eigenvalue weighted by atomic mass is 15.3. The molecule has 2 heteroatoms. The van der Waals surface area contributed by atoms with Gasteiger partial charge in [-0.05, 0) is 25.7 Å². The summed E-state index contributed by atoms with van der Waals surface area (Å²) in [5.74, 6) is 0. The number of rotatable bonds is 1. The summed E-state index contributed by atoms with van der Waals surface area (Å²) < 4.78 is 0. The van der Waals surface area contributed by atoms with Crippen LogP contribution >= 0.6 is 0 Å².